The van der Waals surface area contributed by atoms with Crippen molar-refractivity contribution in [1.29, 1.82) is 0 Å². The molecule has 5 heteroatoms. The zero-order valence-electron chi connectivity index (χ0n) is 12.6. The first-order valence-electron chi connectivity index (χ1n) is 7.40. The first kappa shape index (κ1) is 14.5. The molecule has 0 amide bonds. The highest BCUT2D eigenvalue weighted by Gasteiger charge is 2.08. The molecule has 5 nitrogen and oxygen atoms in total. The van der Waals surface area contributed by atoms with Crippen molar-refractivity contribution < 1.29 is 9.84 Å². The molecule has 0 saturated heterocycles. The van der Waals surface area contributed by atoms with E-state index in [0.29, 0.717) is 19.6 Å². The fourth-order valence-corrected chi connectivity index (χ4v) is 2.51. The van der Waals surface area contributed by atoms with E-state index in [0.717, 1.165) is 22.5 Å². The Labute approximate surface area is 129 Å². The van der Waals surface area contributed by atoms with Gasteiger partial charge in [0.25, 0.3) is 0 Å². The van der Waals surface area contributed by atoms with Gasteiger partial charge in [-0.15, -0.1) is 5.10 Å². The van der Waals surface area contributed by atoms with Gasteiger partial charge in [-0.2, -0.15) is 0 Å². The lowest BCUT2D eigenvalue weighted by atomic mass is 10.1. The van der Waals surface area contributed by atoms with Crippen molar-refractivity contribution in [2.75, 3.05) is 13.2 Å². The lowest BCUT2D eigenvalue weighted by Crippen LogP contribution is -2.11. The van der Waals surface area contributed by atoms with Gasteiger partial charge in [0.05, 0.1) is 17.9 Å². The number of hydrogen-bond donors (Lipinski definition) is 1. The fourth-order valence-electron chi connectivity index (χ4n) is 2.51. The molecule has 3 rings (SSSR count). The molecule has 0 aliphatic rings. The maximum absolute atomic E-state index is 8.98. The second kappa shape index (κ2) is 6.58. The molecule has 0 unspecified atom stereocenters. The van der Waals surface area contributed by atoms with Crippen LogP contribution in [0.5, 0.6) is 5.75 Å². The molecule has 0 fully saturated rings. The van der Waals surface area contributed by atoms with Gasteiger partial charge in [0, 0.05) is 18.4 Å². The Morgan fingerprint density at radius 1 is 1.14 bits per heavy atom. The van der Waals surface area contributed by atoms with Crippen molar-refractivity contribution in [2.24, 2.45) is 0 Å². The number of aliphatic hydroxyl groups is 1. The molecule has 22 heavy (non-hydrogen) atoms. The lowest BCUT2D eigenvalue weighted by molar-refractivity contribution is 0.291. The van der Waals surface area contributed by atoms with Crippen LogP contribution in [-0.2, 0) is 13.0 Å². The third kappa shape index (κ3) is 2.94. The Bertz CT molecular complexity index is 762. The van der Waals surface area contributed by atoms with Gasteiger partial charge < -0.3 is 9.84 Å². The first-order chi connectivity index (χ1) is 10.8. The second-order valence-corrected chi connectivity index (χ2v) is 5.14. The molecule has 0 spiro atoms. The van der Waals surface area contributed by atoms with Crippen molar-refractivity contribution in [1.82, 2.24) is 15.0 Å². The van der Waals surface area contributed by atoms with Crippen LogP contribution < -0.4 is 4.74 Å². The molecule has 0 saturated carbocycles. The Hall–Kier alpha value is -2.40. The van der Waals surface area contributed by atoms with Crippen LogP contribution in [0.15, 0.2) is 42.5 Å². The van der Waals surface area contributed by atoms with Crippen LogP contribution in [-0.4, -0.2) is 33.3 Å². The van der Waals surface area contributed by atoms with Gasteiger partial charge in [-0.25, -0.2) is 4.68 Å². The lowest BCUT2D eigenvalue weighted by Gasteiger charge is -2.10. The molecule has 1 heterocycles. The summed E-state index contributed by atoms with van der Waals surface area (Å²) < 4.78 is 7.73. The van der Waals surface area contributed by atoms with Crippen LogP contribution in [0.25, 0.3) is 10.8 Å². The summed E-state index contributed by atoms with van der Waals surface area (Å²) in [5.74, 6) is 0.881. The predicted octanol–water partition coefficient (Wildman–Crippen LogP) is 2.35. The Morgan fingerprint density at radius 2 is 1.95 bits per heavy atom. The number of ether oxygens (including phenoxy) is 1. The molecular formula is C17H19N3O2. The second-order valence-electron chi connectivity index (χ2n) is 5.14. The number of rotatable bonds is 6. The number of aromatic nitrogens is 3. The largest absolute Gasteiger partial charge is 0.491 e. The summed E-state index contributed by atoms with van der Waals surface area (Å²) in [6, 6.07) is 14.2. The molecule has 2 aromatic carbocycles. The third-order valence-corrected chi connectivity index (χ3v) is 3.74. The molecule has 1 aromatic heterocycles. The average molecular weight is 297 g/mol. The first-order valence-corrected chi connectivity index (χ1v) is 7.40. The highest BCUT2D eigenvalue weighted by Crippen LogP contribution is 2.25. The fraction of sp³-hybridized carbons (Fsp3) is 0.294. The Balaban J connectivity index is 1.68. The number of nitrogens with zero attached hydrogens (tertiary/aromatic N) is 3. The Morgan fingerprint density at radius 3 is 2.82 bits per heavy atom. The molecule has 0 radical (unpaired) electrons. The van der Waals surface area contributed by atoms with Crippen molar-refractivity contribution >= 4 is 10.8 Å². The van der Waals surface area contributed by atoms with Crippen molar-refractivity contribution in [3.8, 4) is 5.75 Å². The van der Waals surface area contributed by atoms with E-state index in [1.54, 1.807) is 0 Å². The van der Waals surface area contributed by atoms with E-state index in [9.17, 15) is 0 Å². The summed E-state index contributed by atoms with van der Waals surface area (Å²) in [6.45, 7) is 3.21. The van der Waals surface area contributed by atoms with Gasteiger partial charge in [0.2, 0.25) is 0 Å². The molecule has 0 aliphatic heterocycles. The number of fused-ring (bicyclic) bond motifs is 1. The maximum atomic E-state index is 8.98. The van der Waals surface area contributed by atoms with Crippen LogP contribution in [0.2, 0.25) is 0 Å². The topological polar surface area (TPSA) is 60.2 Å². The van der Waals surface area contributed by atoms with Gasteiger partial charge in [-0.05, 0) is 18.4 Å². The normalized spacial score (nSPS) is 11.0. The van der Waals surface area contributed by atoms with Gasteiger partial charge >= 0.3 is 0 Å². The van der Waals surface area contributed by atoms with Crippen LogP contribution in [0.3, 0.4) is 0 Å². The minimum Gasteiger partial charge on any atom is -0.491 e. The quantitative estimate of drug-likeness (QED) is 0.758. The standard InChI is InChI=1S/C17H19N3O2/c1-13-16(9-11-21)18-19-20(13)10-12-22-17-8-4-6-14-5-2-3-7-15(14)17/h2-8,21H,9-12H2,1H3. The minimum atomic E-state index is 0.0893. The summed E-state index contributed by atoms with van der Waals surface area (Å²) in [7, 11) is 0. The van der Waals surface area contributed by atoms with E-state index in [2.05, 4.69) is 28.5 Å². The number of aliphatic hydroxyl groups excluding tert-OH is 1. The number of benzene rings is 2. The van der Waals surface area contributed by atoms with Gasteiger partial charge in [-0.1, -0.05) is 41.6 Å². The Kier molecular flexibility index (Phi) is 4.34. The van der Waals surface area contributed by atoms with Gasteiger partial charge in [0.15, 0.2) is 0 Å². The van der Waals surface area contributed by atoms with Crippen LogP contribution in [0, 0.1) is 6.92 Å². The zero-order valence-corrected chi connectivity index (χ0v) is 12.6. The minimum absolute atomic E-state index is 0.0893. The van der Waals surface area contributed by atoms with Crippen LogP contribution in [0.1, 0.15) is 11.4 Å². The summed E-state index contributed by atoms with van der Waals surface area (Å²) in [6.07, 6.45) is 0.538. The summed E-state index contributed by atoms with van der Waals surface area (Å²) >= 11 is 0. The number of hydrogen-bond acceptors (Lipinski definition) is 4. The molecule has 1 N–H and O–H groups in total. The summed E-state index contributed by atoms with van der Waals surface area (Å²) in [5, 5.41) is 19.4. The molecule has 114 valence electrons. The molecule has 0 aliphatic carbocycles. The van der Waals surface area contributed by atoms with E-state index in [1.165, 1.54) is 5.39 Å². The predicted molar refractivity (Wildman–Crippen MR) is 85.0 cm³/mol. The monoisotopic (exact) mass is 297 g/mol. The van der Waals surface area contributed by atoms with Crippen molar-refractivity contribution in [3.63, 3.8) is 0 Å². The van der Waals surface area contributed by atoms with Crippen molar-refractivity contribution in [3.05, 3.63) is 53.9 Å². The smallest absolute Gasteiger partial charge is 0.127 e. The summed E-state index contributed by atoms with van der Waals surface area (Å²) in [5.41, 5.74) is 1.82. The van der Waals surface area contributed by atoms with Crippen LogP contribution in [0.4, 0.5) is 0 Å². The molecule has 0 atom stereocenters. The van der Waals surface area contributed by atoms with Gasteiger partial charge in [0.1, 0.15) is 12.4 Å². The van der Waals surface area contributed by atoms with E-state index < -0.39 is 0 Å². The van der Waals surface area contributed by atoms with Crippen LogP contribution >= 0.6 is 0 Å². The van der Waals surface area contributed by atoms with E-state index >= 15 is 0 Å². The highest BCUT2D eigenvalue weighted by atomic mass is 16.5. The van der Waals surface area contributed by atoms with E-state index in [1.807, 2.05) is 35.9 Å². The molecular weight excluding hydrogens is 278 g/mol. The SMILES string of the molecule is Cc1c(CCO)nnn1CCOc1cccc2ccccc12. The van der Waals surface area contributed by atoms with E-state index in [4.69, 9.17) is 9.84 Å². The zero-order chi connectivity index (χ0) is 15.4. The average Bonchev–Trinajstić information content (AvgIpc) is 2.89. The van der Waals surface area contributed by atoms with E-state index in [-0.39, 0.29) is 6.61 Å². The third-order valence-electron chi connectivity index (χ3n) is 3.74. The molecule has 3 aromatic rings. The maximum Gasteiger partial charge on any atom is 0.127 e. The molecule has 0 bridgehead atoms. The highest BCUT2D eigenvalue weighted by molar-refractivity contribution is 5.88. The van der Waals surface area contributed by atoms with Gasteiger partial charge in [-0.3, -0.25) is 0 Å². The summed E-state index contributed by atoms with van der Waals surface area (Å²) in [4.78, 5) is 0. The van der Waals surface area contributed by atoms with Crippen molar-refractivity contribution in [2.45, 2.75) is 19.9 Å².